The molecule has 1 heterocycles. The van der Waals surface area contributed by atoms with Gasteiger partial charge in [-0.2, -0.15) is 0 Å². The van der Waals surface area contributed by atoms with Crippen LogP contribution >= 0.6 is 22.6 Å². The Bertz CT molecular complexity index is 407. The molecule has 2 amide bonds. The van der Waals surface area contributed by atoms with Crippen LogP contribution in [0.2, 0.25) is 0 Å². The number of rotatable bonds is 3. The Balaban J connectivity index is 2.22. The molecule has 0 fully saturated rings. The first-order chi connectivity index (χ1) is 7.61. The van der Waals surface area contributed by atoms with Gasteiger partial charge >= 0.3 is 0 Å². The van der Waals surface area contributed by atoms with Crippen molar-refractivity contribution in [3.8, 4) is 0 Å². The van der Waals surface area contributed by atoms with Crippen molar-refractivity contribution >= 4 is 34.4 Å². The van der Waals surface area contributed by atoms with Gasteiger partial charge in [-0.25, -0.2) is 0 Å². The van der Waals surface area contributed by atoms with Crippen LogP contribution < -0.4 is 0 Å². The number of halogens is 1. The molecule has 0 saturated heterocycles. The number of alkyl halides is 1. The summed E-state index contributed by atoms with van der Waals surface area (Å²) in [5.41, 5.74) is 1.07. The first-order valence-electron chi connectivity index (χ1n) is 5.20. The molecule has 1 aromatic rings. The molecule has 1 aliphatic heterocycles. The first-order valence-corrected chi connectivity index (χ1v) is 6.45. The Kier molecular flexibility index (Phi) is 3.28. The van der Waals surface area contributed by atoms with Crippen molar-refractivity contribution < 1.29 is 9.59 Å². The summed E-state index contributed by atoms with van der Waals surface area (Å²) in [6, 6.07) is 7.00. The van der Waals surface area contributed by atoms with E-state index in [0.717, 1.165) is 6.42 Å². The molecule has 84 valence electrons. The Labute approximate surface area is 108 Å². The van der Waals surface area contributed by atoms with E-state index in [1.54, 1.807) is 24.3 Å². The van der Waals surface area contributed by atoms with E-state index in [2.05, 4.69) is 29.5 Å². The highest BCUT2D eigenvalue weighted by molar-refractivity contribution is 14.1. The van der Waals surface area contributed by atoms with Gasteiger partial charge in [0.05, 0.1) is 11.1 Å². The smallest absolute Gasteiger partial charge is 0.261 e. The molecule has 16 heavy (non-hydrogen) atoms. The lowest BCUT2D eigenvalue weighted by Crippen LogP contribution is -2.31. The van der Waals surface area contributed by atoms with E-state index in [1.807, 2.05) is 0 Å². The maximum absolute atomic E-state index is 11.9. The Hall–Kier alpha value is -0.910. The number of benzene rings is 1. The van der Waals surface area contributed by atoms with Gasteiger partial charge in [-0.1, -0.05) is 41.6 Å². The van der Waals surface area contributed by atoms with Gasteiger partial charge < -0.3 is 0 Å². The van der Waals surface area contributed by atoms with Crippen molar-refractivity contribution in [1.29, 1.82) is 0 Å². The summed E-state index contributed by atoms with van der Waals surface area (Å²) >= 11 is 2.29. The van der Waals surface area contributed by atoms with E-state index in [-0.39, 0.29) is 11.8 Å². The zero-order valence-electron chi connectivity index (χ0n) is 8.94. The van der Waals surface area contributed by atoms with E-state index >= 15 is 0 Å². The minimum absolute atomic E-state index is 0.155. The quantitative estimate of drug-likeness (QED) is 0.485. The fourth-order valence-electron chi connectivity index (χ4n) is 1.75. The van der Waals surface area contributed by atoms with Crippen molar-refractivity contribution in [3.05, 3.63) is 35.4 Å². The number of nitrogens with zero attached hydrogens (tertiary/aromatic N) is 1. The second kappa shape index (κ2) is 4.53. The third kappa shape index (κ3) is 1.98. The number of carbonyl (C=O) groups is 2. The average Bonchev–Trinajstić information content (AvgIpc) is 2.50. The van der Waals surface area contributed by atoms with Gasteiger partial charge in [0.15, 0.2) is 0 Å². The molecular formula is C12H12INO2. The van der Waals surface area contributed by atoms with Crippen molar-refractivity contribution in [2.24, 2.45) is 0 Å². The molecule has 4 heteroatoms. The minimum Gasteiger partial charge on any atom is -0.274 e. The molecule has 1 atom stereocenters. The number of fused-ring (bicyclic) bond motifs is 1. The van der Waals surface area contributed by atoms with Gasteiger partial charge in [0.2, 0.25) is 0 Å². The van der Waals surface area contributed by atoms with Crippen LogP contribution in [-0.4, -0.2) is 27.2 Å². The number of amides is 2. The van der Waals surface area contributed by atoms with Gasteiger partial charge in [0.25, 0.3) is 11.8 Å². The summed E-state index contributed by atoms with van der Waals surface area (Å²) in [6.45, 7) is 2.58. The Morgan fingerprint density at radius 3 is 2.12 bits per heavy atom. The maximum Gasteiger partial charge on any atom is 0.261 e. The number of hydrogen-bond acceptors (Lipinski definition) is 2. The van der Waals surface area contributed by atoms with Crippen LogP contribution in [0, 0.1) is 0 Å². The Morgan fingerprint density at radius 2 is 1.69 bits per heavy atom. The van der Waals surface area contributed by atoms with Crippen molar-refractivity contribution in [2.75, 3.05) is 6.54 Å². The van der Waals surface area contributed by atoms with Crippen molar-refractivity contribution in [3.63, 3.8) is 0 Å². The number of hydrogen-bond donors (Lipinski definition) is 0. The molecule has 1 aliphatic rings. The summed E-state index contributed by atoms with van der Waals surface area (Å²) in [5.74, 6) is -0.310. The maximum atomic E-state index is 11.9. The molecule has 0 aliphatic carbocycles. The monoisotopic (exact) mass is 329 g/mol. The molecule has 0 bridgehead atoms. The van der Waals surface area contributed by atoms with Crippen LogP contribution in [0.15, 0.2) is 24.3 Å². The van der Waals surface area contributed by atoms with Gasteiger partial charge in [-0.05, 0) is 18.6 Å². The fourth-order valence-corrected chi connectivity index (χ4v) is 2.03. The highest BCUT2D eigenvalue weighted by Gasteiger charge is 2.34. The Morgan fingerprint density at radius 1 is 1.19 bits per heavy atom. The SMILES string of the molecule is CC(I)CCN1C(=O)c2ccccc2C1=O. The highest BCUT2D eigenvalue weighted by atomic mass is 127. The summed E-state index contributed by atoms with van der Waals surface area (Å²) in [7, 11) is 0. The fraction of sp³-hybridized carbons (Fsp3) is 0.333. The summed E-state index contributed by atoms with van der Waals surface area (Å²) < 4.78 is 0.460. The van der Waals surface area contributed by atoms with Gasteiger partial charge in [0, 0.05) is 10.5 Å². The molecule has 0 N–H and O–H groups in total. The van der Waals surface area contributed by atoms with E-state index in [1.165, 1.54) is 4.90 Å². The molecule has 0 aromatic heterocycles. The van der Waals surface area contributed by atoms with Gasteiger partial charge in [-0.15, -0.1) is 0 Å². The van der Waals surface area contributed by atoms with Crippen molar-refractivity contribution in [1.82, 2.24) is 4.90 Å². The van der Waals surface area contributed by atoms with Crippen LogP contribution in [-0.2, 0) is 0 Å². The predicted molar refractivity (Wildman–Crippen MR) is 69.9 cm³/mol. The van der Waals surface area contributed by atoms with E-state index < -0.39 is 0 Å². The third-order valence-corrected chi connectivity index (χ3v) is 3.25. The van der Waals surface area contributed by atoms with Crippen LogP contribution in [0.3, 0.4) is 0 Å². The lowest BCUT2D eigenvalue weighted by atomic mass is 10.1. The first kappa shape index (κ1) is 11.6. The van der Waals surface area contributed by atoms with E-state index in [0.29, 0.717) is 21.6 Å². The minimum atomic E-state index is -0.155. The molecule has 0 radical (unpaired) electrons. The molecule has 1 unspecified atom stereocenters. The molecule has 2 rings (SSSR count). The van der Waals surface area contributed by atoms with Gasteiger partial charge in [0.1, 0.15) is 0 Å². The van der Waals surface area contributed by atoms with Gasteiger partial charge in [-0.3, -0.25) is 14.5 Å². The zero-order chi connectivity index (χ0) is 11.7. The molecule has 1 aromatic carbocycles. The molecule has 0 saturated carbocycles. The van der Waals surface area contributed by atoms with E-state index in [4.69, 9.17) is 0 Å². The molecule has 3 nitrogen and oxygen atoms in total. The normalized spacial score (nSPS) is 16.5. The average molecular weight is 329 g/mol. The standard InChI is InChI=1S/C12H12INO2/c1-8(13)6-7-14-11(15)9-4-2-3-5-10(9)12(14)16/h2-5,8H,6-7H2,1H3. The number of imide groups is 1. The van der Waals surface area contributed by atoms with Crippen LogP contribution in [0.25, 0.3) is 0 Å². The number of carbonyl (C=O) groups excluding carboxylic acids is 2. The van der Waals surface area contributed by atoms with Crippen LogP contribution in [0.4, 0.5) is 0 Å². The lowest BCUT2D eigenvalue weighted by Gasteiger charge is -2.14. The second-order valence-electron chi connectivity index (χ2n) is 3.88. The predicted octanol–water partition coefficient (Wildman–Crippen LogP) is 2.50. The van der Waals surface area contributed by atoms with Crippen LogP contribution in [0.1, 0.15) is 34.1 Å². The van der Waals surface area contributed by atoms with Crippen LogP contribution in [0.5, 0.6) is 0 Å². The highest BCUT2D eigenvalue weighted by Crippen LogP contribution is 2.23. The summed E-state index contributed by atoms with van der Waals surface area (Å²) in [6.07, 6.45) is 0.839. The molecule has 0 spiro atoms. The van der Waals surface area contributed by atoms with Crippen molar-refractivity contribution in [2.45, 2.75) is 17.3 Å². The zero-order valence-corrected chi connectivity index (χ0v) is 11.1. The largest absolute Gasteiger partial charge is 0.274 e. The lowest BCUT2D eigenvalue weighted by molar-refractivity contribution is 0.0653. The summed E-state index contributed by atoms with van der Waals surface area (Å²) in [5, 5.41) is 0. The van der Waals surface area contributed by atoms with E-state index in [9.17, 15) is 9.59 Å². The topological polar surface area (TPSA) is 37.4 Å². The molecular weight excluding hydrogens is 317 g/mol. The third-order valence-electron chi connectivity index (χ3n) is 2.63. The second-order valence-corrected chi connectivity index (χ2v) is 6.00. The summed E-state index contributed by atoms with van der Waals surface area (Å²) in [4.78, 5) is 25.2.